The molecule has 0 saturated heterocycles. The fourth-order valence-corrected chi connectivity index (χ4v) is 2.96. The molecule has 1 heterocycles. The molecule has 0 radical (unpaired) electrons. The number of rotatable bonds is 7. The largest absolute Gasteiger partial charge is 0.457 e. The maximum atomic E-state index is 12.7. The molecule has 31 heavy (non-hydrogen) atoms. The normalized spacial score (nSPS) is 11.6. The quantitative estimate of drug-likeness (QED) is 0.439. The maximum absolute atomic E-state index is 12.7. The molecular formula is C20H19N5O6. The topological polar surface area (TPSA) is 142 Å². The lowest BCUT2D eigenvalue weighted by atomic mass is 10.2. The predicted octanol–water partition coefficient (Wildman–Crippen LogP) is 4.31. The minimum atomic E-state index is -0.895. The number of carbonyl (C=O) groups excluding carboxylic acids is 1. The van der Waals surface area contributed by atoms with Crippen LogP contribution in [0.2, 0.25) is 0 Å². The fraction of sp³-hybridized carbons (Fsp3) is 0.200. The summed E-state index contributed by atoms with van der Waals surface area (Å²) in [5, 5.41) is 28.8. The Morgan fingerprint density at radius 1 is 1.13 bits per heavy atom. The number of nitro benzene ring substituents is 1. The Morgan fingerprint density at radius 2 is 1.84 bits per heavy atom. The van der Waals surface area contributed by atoms with Crippen molar-refractivity contribution < 1.29 is 19.4 Å². The van der Waals surface area contributed by atoms with E-state index >= 15 is 0 Å². The van der Waals surface area contributed by atoms with Crippen LogP contribution in [-0.4, -0.2) is 25.5 Å². The number of ether oxygens (including phenoxy) is 1. The van der Waals surface area contributed by atoms with Crippen molar-refractivity contribution in [2.75, 3.05) is 5.32 Å². The molecule has 3 aromatic rings. The molecule has 0 aliphatic carbocycles. The molecule has 1 unspecified atom stereocenters. The molecule has 3 rings (SSSR count). The van der Waals surface area contributed by atoms with Crippen LogP contribution < -0.4 is 10.1 Å². The molecule has 1 atom stereocenters. The molecule has 0 bridgehead atoms. The zero-order valence-corrected chi connectivity index (χ0v) is 16.9. The highest BCUT2D eigenvalue weighted by Crippen LogP contribution is 2.31. The van der Waals surface area contributed by atoms with Gasteiger partial charge in [0.2, 0.25) is 5.91 Å². The summed E-state index contributed by atoms with van der Waals surface area (Å²) in [5.74, 6) is 0.147. The summed E-state index contributed by atoms with van der Waals surface area (Å²) in [4.78, 5) is 33.9. The molecule has 160 valence electrons. The highest BCUT2D eigenvalue weighted by atomic mass is 16.6. The van der Waals surface area contributed by atoms with Crippen molar-refractivity contribution in [3.63, 3.8) is 0 Å². The average Bonchev–Trinajstić information content (AvgIpc) is 3.10. The van der Waals surface area contributed by atoms with E-state index in [1.807, 2.05) is 19.1 Å². The van der Waals surface area contributed by atoms with E-state index < -0.39 is 21.8 Å². The standard InChI is InChI=1S/C20H19N5O6/c1-12-6-4-5-7-19(12)31-17-9-15(8-16(10-17)24(27)28)22-20(26)14(3)23-13(2)18(11-21-23)25(29)30/h4-11,14H,1-3H3,(H,22,26). The molecule has 11 heteroatoms. The van der Waals surface area contributed by atoms with Crippen molar-refractivity contribution in [2.45, 2.75) is 26.8 Å². The van der Waals surface area contributed by atoms with Gasteiger partial charge in [0.05, 0.1) is 21.6 Å². The molecule has 0 aliphatic heterocycles. The van der Waals surface area contributed by atoms with Crippen molar-refractivity contribution in [2.24, 2.45) is 0 Å². The molecule has 1 N–H and O–H groups in total. The lowest BCUT2D eigenvalue weighted by Gasteiger charge is -2.15. The second kappa shape index (κ2) is 8.61. The summed E-state index contributed by atoms with van der Waals surface area (Å²) < 4.78 is 6.99. The minimum absolute atomic E-state index is 0.147. The molecule has 1 aromatic heterocycles. The molecule has 0 fully saturated rings. The van der Waals surface area contributed by atoms with Crippen LogP contribution in [0.1, 0.15) is 24.2 Å². The number of carbonyl (C=O) groups is 1. The summed E-state index contributed by atoms with van der Waals surface area (Å²) in [6.45, 7) is 4.83. The van der Waals surface area contributed by atoms with E-state index in [1.54, 1.807) is 12.1 Å². The summed E-state index contributed by atoms with van der Waals surface area (Å²) in [6, 6.07) is 10.2. The van der Waals surface area contributed by atoms with Crippen molar-refractivity contribution in [1.82, 2.24) is 9.78 Å². The number of aryl methyl sites for hydroxylation is 1. The number of para-hydroxylation sites is 1. The van der Waals surface area contributed by atoms with Crippen molar-refractivity contribution in [3.8, 4) is 11.5 Å². The molecule has 0 saturated carbocycles. The number of anilines is 1. The van der Waals surface area contributed by atoms with Gasteiger partial charge in [-0.1, -0.05) is 18.2 Å². The summed E-state index contributed by atoms with van der Waals surface area (Å²) in [5.41, 5.74) is 0.733. The van der Waals surface area contributed by atoms with Crippen molar-refractivity contribution in [3.05, 3.63) is 80.1 Å². The third-order valence-electron chi connectivity index (χ3n) is 4.65. The van der Waals surface area contributed by atoms with Gasteiger partial charge in [0.1, 0.15) is 29.4 Å². The molecule has 0 aliphatic rings. The van der Waals surface area contributed by atoms with Crippen LogP contribution in [-0.2, 0) is 4.79 Å². The Hall–Kier alpha value is -4.28. The van der Waals surface area contributed by atoms with Crippen molar-refractivity contribution in [1.29, 1.82) is 0 Å². The van der Waals surface area contributed by atoms with Gasteiger partial charge in [-0.3, -0.25) is 29.7 Å². The van der Waals surface area contributed by atoms with E-state index in [0.29, 0.717) is 5.75 Å². The molecule has 2 aromatic carbocycles. The molecule has 0 spiro atoms. The van der Waals surface area contributed by atoms with Gasteiger partial charge in [0, 0.05) is 12.1 Å². The zero-order valence-electron chi connectivity index (χ0n) is 16.9. The number of hydrogen-bond acceptors (Lipinski definition) is 7. The second-order valence-electron chi connectivity index (χ2n) is 6.82. The Kier molecular flexibility index (Phi) is 5.95. The second-order valence-corrected chi connectivity index (χ2v) is 6.82. The Morgan fingerprint density at radius 3 is 2.45 bits per heavy atom. The first kappa shape index (κ1) is 21.4. The van der Waals surface area contributed by atoms with Gasteiger partial charge >= 0.3 is 5.69 Å². The van der Waals surface area contributed by atoms with E-state index in [1.165, 1.54) is 36.7 Å². The number of non-ortho nitro benzene ring substituents is 1. The van der Waals surface area contributed by atoms with E-state index in [4.69, 9.17) is 4.74 Å². The Labute approximate surface area is 176 Å². The van der Waals surface area contributed by atoms with Gasteiger partial charge < -0.3 is 10.1 Å². The van der Waals surface area contributed by atoms with Crippen LogP contribution in [0.5, 0.6) is 11.5 Å². The average molecular weight is 425 g/mol. The van der Waals surface area contributed by atoms with Gasteiger partial charge in [-0.05, 0) is 32.4 Å². The number of nitro groups is 2. The number of hydrogen-bond donors (Lipinski definition) is 1. The smallest absolute Gasteiger partial charge is 0.309 e. The van der Waals surface area contributed by atoms with Gasteiger partial charge in [-0.25, -0.2) is 0 Å². The van der Waals surface area contributed by atoms with E-state index in [-0.39, 0.29) is 28.5 Å². The number of aromatic nitrogens is 2. The zero-order chi connectivity index (χ0) is 22.7. The lowest BCUT2D eigenvalue weighted by molar-refractivity contribution is -0.385. The Balaban J connectivity index is 1.87. The van der Waals surface area contributed by atoms with Gasteiger partial charge in [0.15, 0.2) is 0 Å². The summed E-state index contributed by atoms with van der Waals surface area (Å²) in [6.07, 6.45) is 1.07. The van der Waals surface area contributed by atoms with Crippen LogP contribution in [0.4, 0.5) is 17.1 Å². The highest BCUT2D eigenvalue weighted by molar-refractivity contribution is 5.94. The predicted molar refractivity (Wildman–Crippen MR) is 111 cm³/mol. The first-order chi connectivity index (χ1) is 14.7. The third kappa shape index (κ3) is 4.66. The third-order valence-corrected chi connectivity index (χ3v) is 4.65. The summed E-state index contributed by atoms with van der Waals surface area (Å²) >= 11 is 0. The fourth-order valence-electron chi connectivity index (χ4n) is 2.96. The lowest BCUT2D eigenvalue weighted by Crippen LogP contribution is -2.25. The van der Waals surface area contributed by atoms with Crippen LogP contribution in [0.15, 0.2) is 48.7 Å². The highest BCUT2D eigenvalue weighted by Gasteiger charge is 2.24. The van der Waals surface area contributed by atoms with E-state index in [9.17, 15) is 25.0 Å². The first-order valence-corrected chi connectivity index (χ1v) is 9.19. The number of amides is 1. The number of benzene rings is 2. The van der Waals surface area contributed by atoms with Gasteiger partial charge in [0.25, 0.3) is 5.69 Å². The molecule has 1 amide bonds. The van der Waals surface area contributed by atoms with Crippen LogP contribution in [0.3, 0.4) is 0 Å². The van der Waals surface area contributed by atoms with E-state index in [2.05, 4.69) is 10.4 Å². The first-order valence-electron chi connectivity index (χ1n) is 9.19. The van der Waals surface area contributed by atoms with Crippen LogP contribution >= 0.6 is 0 Å². The molecular weight excluding hydrogens is 406 g/mol. The van der Waals surface area contributed by atoms with Crippen LogP contribution in [0.25, 0.3) is 0 Å². The van der Waals surface area contributed by atoms with Crippen LogP contribution in [0, 0.1) is 34.1 Å². The molecule has 11 nitrogen and oxygen atoms in total. The Bertz CT molecular complexity index is 1170. The van der Waals surface area contributed by atoms with E-state index in [0.717, 1.165) is 11.8 Å². The minimum Gasteiger partial charge on any atom is -0.457 e. The van der Waals surface area contributed by atoms with Gasteiger partial charge in [-0.15, -0.1) is 0 Å². The monoisotopic (exact) mass is 425 g/mol. The SMILES string of the molecule is Cc1ccccc1Oc1cc(NC(=O)C(C)n2ncc([N+](=O)[O-])c2C)cc([N+](=O)[O-])c1. The number of nitrogens with one attached hydrogen (secondary N) is 1. The maximum Gasteiger partial charge on any atom is 0.309 e. The van der Waals surface area contributed by atoms with Gasteiger partial charge in [-0.2, -0.15) is 5.10 Å². The van der Waals surface area contributed by atoms with Crippen molar-refractivity contribution >= 4 is 23.0 Å². The summed E-state index contributed by atoms with van der Waals surface area (Å²) in [7, 11) is 0. The number of nitrogens with zero attached hydrogens (tertiary/aromatic N) is 4.